The molecule has 2 saturated heterocycles. The van der Waals surface area contributed by atoms with E-state index in [1.807, 2.05) is 6.07 Å². The molecule has 2 unspecified atom stereocenters. The van der Waals surface area contributed by atoms with Crippen LogP contribution in [-0.2, 0) is 0 Å². The van der Waals surface area contributed by atoms with E-state index >= 15 is 0 Å². The maximum atomic E-state index is 13.4. The molecular weight excluding hydrogens is 418 g/mol. The van der Waals surface area contributed by atoms with E-state index in [0.29, 0.717) is 30.9 Å². The summed E-state index contributed by atoms with van der Waals surface area (Å²) in [5.41, 5.74) is 0.750. The summed E-state index contributed by atoms with van der Waals surface area (Å²) in [5.74, 6) is -1.38. The van der Waals surface area contributed by atoms with E-state index < -0.39 is 17.7 Å². The van der Waals surface area contributed by atoms with E-state index in [1.165, 1.54) is 6.07 Å². The number of halogens is 2. The number of aliphatic hydroxyl groups is 1. The topological polar surface area (TPSA) is 88.8 Å². The lowest BCUT2D eigenvalue weighted by atomic mass is 10.1. The zero-order valence-corrected chi connectivity index (χ0v) is 17.4. The molecule has 2 bridgehead atoms. The monoisotopic (exact) mass is 442 g/mol. The van der Waals surface area contributed by atoms with Crippen molar-refractivity contribution in [3.63, 3.8) is 0 Å². The van der Waals surface area contributed by atoms with Gasteiger partial charge in [0, 0.05) is 43.5 Å². The third-order valence-corrected chi connectivity index (χ3v) is 5.94. The number of likely N-dealkylation sites (tertiary alicyclic amines) is 1. The number of carbonyl (C=O) groups is 1. The van der Waals surface area contributed by atoms with Crippen LogP contribution in [0, 0.1) is 23.0 Å². The molecule has 2 heterocycles. The number of fused-ring (bicyclic) bond motifs is 2. The number of nitrogens with one attached hydrogen (secondary N) is 1. The molecule has 2 amide bonds. The molecule has 3 atom stereocenters. The van der Waals surface area contributed by atoms with Gasteiger partial charge in [0.15, 0.2) is 11.6 Å². The van der Waals surface area contributed by atoms with Crippen LogP contribution in [0.1, 0.15) is 18.4 Å². The van der Waals surface area contributed by atoms with Gasteiger partial charge in [-0.3, -0.25) is 4.90 Å². The fourth-order valence-electron chi connectivity index (χ4n) is 4.34. The number of benzene rings is 2. The van der Waals surface area contributed by atoms with Crippen molar-refractivity contribution >= 4 is 11.7 Å². The second-order valence-electron chi connectivity index (χ2n) is 8.15. The summed E-state index contributed by atoms with van der Waals surface area (Å²) < 4.78 is 32.1. The Kier molecular flexibility index (Phi) is 6.53. The lowest BCUT2D eigenvalue weighted by Gasteiger charge is -2.41. The molecule has 2 aromatic rings. The van der Waals surface area contributed by atoms with E-state index in [9.17, 15) is 18.7 Å². The highest BCUT2D eigenvalue weighted by molar-refractivity contribution is 5.89. The minimum absolute atomic E-state index is 0.119. The van der Waals surface area contributed by atoms with Crippen molar-refractivity contribution < 1.29 is 23.4 Å². The zero-order valence-electron chi connectivity index (χ0n) is 17.4. The van der Waals surface area contributed by atoms with Gasteiger partial charge in [0.25, 0.3) is 0 Å². The van der Waals surface area contributed by atoms with Crippen LogP contribution >= 0.6 is 0 Å². The molecule has 0 aliphatic carbocycles. The number of ether oxygens (including phenoxy) is 1. The fourth-order valence-corrected chi connectivity index (χ4v) is 4.34. The Bertz CT molecular complexity index is 997. The van der Waals surface area contributed by atoms with Crippen molar-refractivity contribution in [2.24, 2.45) is 0 Å². The second-order valence-corrected chi connectivity index (χ2v) is 8.15. The number of aliphatic hydroxyl groups excluding tert-OH is 1. The smallest absolute Gasteiger partial charge is 0.321 e. The van der Waals surface area contributed by atoms with Crippen molar-refractivity contribution in [1.82, 2.24) is 9.80 Å². The van der Waals surface area contributed by atoms with E-state index in [-0.39, 0.29) is 30.4 Å². The van der Waals surface area contributed by atoms with Gasteiger partial charge in [0.2, 0.25) is 0 Å². The van der Waals surface area contributed by atoms with Crippen molar-refractivity contribution in [2.75, 3.05) is 31.6 Å². The van der Waals surface area contributed by atoms with Gasteiger partial charge in [-0.1, -0.05) is 0 Å². The van der Waals surface area contributed by atoms with Gasteiger partial charge < -0.3 is 20.1 Å². The van der Waals surface area contributed by atoms with Crippen molar-refractivity contribution in [1.29, 1.82) is 5.26 Å². The Morgan fingerprint density at radius 3 is 2.47 bits per heavy atom. The van der Waals surface area contributed by atoms with Gasteiger partial charge in [-0.2, -0.15) is 5.26 Å². The molecule has 7 nitrogen and oxygen atoms in total. The first kappa shape index (κ1) is 22.0. The maximum Gasteiger partial charge on any atom is 0.321 e. The molecule has 0 spiro atoms. The van der Waals surface area contributed by atoms with E-state index in [2.05, 4.69) is 10.2 Å². The van der Waals surface area contributed by atoms with Gasteiger partial charge in [0.1, 0.15) is 18.5 Å². The Morgan fingerprint density at radius 2 is 1.84 bits per heavy atom. The number of hydrogen-bond donors (Lipinski definition) is 2. The molecule has 2 aliphatic heterocycles. The fraction of sp³-hybridized carbons (Fsp3) is 0.391. The van der Waals surface area contributed by atoms with Crippen LogP contribution in [-0.4, -0.2) is 65.4 Å². The second kappa shape index (κ2) is 9.51. The Morgan fingerprint density at radius 1 is 1.16 bits per heavy atom. The van der Waals surface area contributed by atoms with Gasteiger partial charge in [0.05, 0.1) is 11.6 Å². The van der Waals surface area contributed by atoms with Crippen LogP contribution in [0.15, 0.2) is 42.5 Å². The van der Waals surface area contributed by atoms with Gasteiger partial charge in [-0.05, 0) is 49.2 Å². The Balaban J connectivity index is 1.28. The van der Waals surface area contributed by atoms with Crippen molar-refractivity contribution in [3.05, 3.63) is 59.7 Å². The highest BCUT2D eigenvalue weighted by atomic mass is 19.2. The molecule has 168 valence electrons. The number of amides is 2. The molecule has 9 heteroatoms. The van der Waals surface area contributed by atoms with Crippen LogP contribution in [0.5, 0.6) is 5.75 Å². The summed E-state index contributed by atoms with van der Waals surface area (Å²) in [6, 6.07) is 11.9. The van der Waals surface area contributed by atoms with E-state index in [1.54, 1.807) is 29.2 Å². The highest BCUT2D eigenvalue weighted by Crippen LogP contribution is 2.30. The summed E-state index contributed by atoms with van der Waals surface area (Å²) in [6.07, 6.45) is 1.14. The number of hydrogen-bond acceptors (Lipinski definition) is 5. The average molecular weight is 442 g/mol. The largest absolute Gasteiger partial charge is 0.491 e. The molecule has 2 N–H and O–H groups in total. The number of nitrogens with zero attached hydrogens (tertiary/aromatic N) is 3. The number of anilines is 1. The molecule has 4 rings (SSSR count). The van der Waals surface area contributed by atoms with Crippen LogP contribution < -0.4 is 10.1 Å². The van der Waals surface area contributed by atoms with E-state index in [0.717, 1.165) is 25.0 Å². The highest BCUT2D eigenvalue weighted by Gasteiger charge is 2.41. The summed E-state index contributed by atoms with van der Waals surface area (Å²) >= 11 is 0. The third-order valence-electron chi connectivity index (χ3n) is 5.94. The normalized spacial score (nSPS) is 21.1. The number of carbonyl (C=O) groups excluding carboxylic acids is 1. The molecule has 0 radical (unpaired) electrons. The summed E-state index contributed by atoms with van der Waals surface area (Å²) in [5, 5.41) is 21.9. The number of rotatable bonds is 6. The Labute approximate surface area is 184 Å². The number of urea groups is 1. The quantitative estimate of drug-likeness (QED) is 0.718. The minimum Gasteiger partial charge on any atom is -0.491 e. The SMILES string of the molecule is N#Cc1ccc(OC[C@@H](O)CN2C3CCC2CN(C(=O)Nc2ccc(F)c(F)c2)C3)cc1. The third kappa shape index (κ3) is 4.98. The lowest BCUT2D eigenvalue weighted by Crippen LogP contribution is -2.57. The van der Waals surface area contributed by atoms with Gasteiger partial charge in [-0.25, -0.2) is 13.6 Å². The molecule has 2 aliphatic rings. The summed E-state index contributed by atoms with van der Waals surface area (Å²) in [7, 11) is 0. The average Bonchev–Trinajstić information content (AvgIpc) is 3.01. The first-order valence-electron chi connectivity index (χ1n) is 10.5. The number of piperazine rings is 1. The maximum absolute atomic E-state index is 13.4. The first-order valence-corrected chi connectivity index (χ1v) is 10.5. The zero-order chi connectivity index (χ0) is 22.7. The molecule has 32 heavy (non-hydrogen) atoms. The van der Waals surface area contributed by atoms with Crippen LogP contribution in [0.3, 0.4) is 0 Å². The molecule has 2 aromatic carbocycles. The van der Waals surface area contributed by atoms with Crippen LogP contribution in [0.25, 0.3) is 0 Å². The van der Waals surface area contributed by atoms with Crippen molar-refractivity contribution in [2.45, 2.75) is 31.0 Å². The van der Waals surface area contributed by atoms with Crippen molar-refractivity contribution in [3.8, 4) is 11.8 Å². The molecular formula is C23H24F2N4O3. The van der Waals surface area contributed by atoms with E-state index in [4.69, 9.17) is 10.00 Å². The van der Waals surface area contributed by atoms with Crippen LogP contribution in [0.4, 0.5) is 19.3 Å². The lowest BCUT2D eigenvalue weighted by molar-refractivity contribution is 0.0213. The molecule has 2 fully saturated rings. The predicted molar refractivity (Wildman–Crippen MR) is 113 cm³/mol. The van der Waals surface area contributed by atoms with Crippen LogP contribution in [0.2, 0.25) is 0 Å². The van der Waals surface area contributed by atoms with Gasteiger partial charge >= 0.3 is 6.03 Å². The number of nitriles is 1. The minimum atomic E-state index is -1.01. The predicted octanol–water partition coefficient (Wildman–Crippen LogP) is 2.96. The first-order chi connectivity index (χ1) is 15.4. The standard InChI is InChI=1S/C23H24F2N4O3/c24-21-8-3-16(9-22(21)25)27-23(31)28-11-17-4-5-18(12-28)29(17)13-19(30)14-32-20-6-1-15(10-26)2-7-20/h1-3,6-9,17-19,30H,4-5,11-14H2,(H,27,31)/t17?,18?,19-/m0/s1. The summed E-state index contributed by atoms with van der Waals surface area (Å²) in [6.45, 7) is 1.55. The molecule has 0 saturated carbocycles. The van der Waals surface area contributed by atoms with Gasteiger partial charge in [-0.15, -0.1) is 0 Å². The molecule has 0 aromatic heterocycles. The Hall–Kier alpha value is -3.22. The summed E-state index contributed by atoms with van der Waals surface area (Å²) in [4.78, 5) is 16.5.